The number of hydrogen-bond donors (Lipinski definition) is 1. The maximum Gasteiger partial charge on any atom is 0.288 e. The van der Waals surface area contributed by atoms with Gasteiger partial charge < -0.3 is 15.0 Å². The highest BCUT2D eigenvalue weighted by Crippen LogP contribution is 1.89. The zero-order valence-electron chi connectivity index (χ0n) is 9.20. The van der Waals surface area contributed by atoms with E-state index in [4.69, 9.17) is 4.74 Å². The van der Waals surface area contributed by atoms with Crippen molar-refractivity contribution in [2.45, 2.75) is 6.42 Å². The lowest BCUT2D eigenvalue weighted by Crippen LogP contribution is -2.36. The van der Waals surface area contributed by atoms with Crippen molar-refractivity contribution in [2.24, 2.45) is 0 Å². The van der Waals surface area contributed by atoms with Gasteiger partial charge in [0.05, 0.1) is 13.0 Å². The van der Waals surface area contributed by atoms with E-state index in [1.807, 2.05) is 0 Å². The van der Waals surface area contributed by atoms with Crippen LogP contribution in [0, 0.1) is 0 Å². The average Bonchev–Trinajstić information content (AvgIpc) is 2.17. The lowest BCUT2D eigenvalue weighted by atomic mass is 10.2. The van der Waals surface area contributed by atoms with E-state index < -0.39 is 18.1 Å². The SMILES string of the molecule is COCCNC(=O)C(=O)CC(=O)N(C)C. The summed E-state index contributed by atoms with van der Waals surface area (Å²) in [5, 5.41) is 2.34. The fraction of sp³-hybridized carbons (Fsp3) is 0.667. The average molecular weight is 216 g/mol. The van der Waals surface area contributed by atoms with Crippen LogP contribution in [0.3, 0.4) is 0 Å². The molecule has 0 aromatic carbocycles. The van der Waals surface area contributed by atoms with Crippen LogP contribution in [0.5, 0.6) is 0 Å². The van der Waals surface area contributed by atoms with Crippen molar-refractivity contribution in [1.29, 1.82) is 0 Å². The number of methoxy groups -OCH3 is 1. The Labute approximate surface area is 88.6 Å². The van der Waals surface area contributed by atoms with Gasteiger partial charge in [-0.25, -0.2) is 0 Å². The number of nitrogens with zero attached hydrogens (tertiary/aromatic N) is 1. The molecule has 86 valence electrons. The van der Waals surface area contributed by atoms with E-state index in [0.717, 1.165) is 0 Å². The summed E-state index contributed by atoms with van der Waals surface area (Å²) in [5.74, 6) is -1.87. The van der Waals surface area contributed by atoms with Crippen molar-refractivity contribution in [1.82, 2.24) is 10.2 Å². The fourth-order valence-electron chi connectivity index (χ4n) is 0.741. The van der Waals surface area contributed by atoms with Gasteiger partial charge in [0.25, 0.3) is 5.91 Å². The number of hydrogen-bond acceptors (Lipinski definition) is 4. The van der Waals surface area contributed by atoms with Crippen molar-refractivity contribution in [3.63, 3.8) is 0 Å². The van der Waals surface area contributed by atoms with Gasteiger partial charge in [0.1, 0.15) is 0 Å². The summed E-state index contributed by atoms with van der Waals surface area (Å²) in [4.78, 5) is 34.6. The van der Waals surface area contributed by atoms with E-state index in [1.54, 1.807) is 0 Å². The molecule has 0 fully saturated rings. The molecule has 0 spiro atoms. The molecule has 0 aliphatic carbocycles. The van der Waals surface area contributed by atoms with Crippen molar-refractivity contribution in [2.75, 3.05) is 34.4 Å². The van der Waals surface area contributed by atoms with Crippen molar-refractivity contribution in [3.8, 4) is 0 Å². The van der Waals surface area contributed by atoms with E-state index in [1.165, 1.54) is 26.1 Å². The van der Waals surface area contributed by atoms with Crippen molar-refractivity contribution >= 4 is 17.6 Å². The Hall–Kier alpha value is -1.43. The number of ketones is 1. The van der Waals surface area contributed by atoms with Gasteiger partial charge in [-0.3, -0.25) is 14.4 Å². The highest BCUT2D eigenvalue weighted by molar-refractivity contribution is 6.39. The molecule has 0 aliphatic heterocycles. The van der Waals surface area contributed by atoms with Gasteiger partial charge in [0, 0.05) is 27.7 Å². The Bertz CT molecular complexity index is 250. The van der Waals surface area contributed by atoms with E-state index in [2.05, 4.69) is 5.32 Å². The molecule has 0 atom stereocenters. The van der Waals surface area contributed by atoms with Crippen LogP contribution in [0.25, 0.3) is 0 Å². The fourth-order valence-corrected chi connectivity index (χ4v) is 0.741. The summed E-state index contributed by atoms with van der Waals surface area (Å²) in [5.41, 5.74) is 0. The van der Waals surface area contributed by atoms with E-state index in [-0.39, 0.29) is 12.5 Å². The Morgan fingerprint density at radius 3 is 2.33 bits per heavy atom. The second-order valence-corrected chi connectivity index (χ2v) is 3.14. The smallest absolute Gasteiger partial charge is 0.288 e. The number of nitrogens with one attached hydrogen (secondary N) is 1. The lowest BCUT2D eigenvalue weighted by Gasteiger charge is -2.09. The Balaban J connectivity index is 3.89. The molecule has 15 heavy (non-hydrogen) atoms. The summed E-state index contributed by atoms with van der Waals surface area (Å²) in [6, 6.07) is 0. The molecule has 6 nitrogen and oxygen atoms in total. The first kappa shape index (κ1) is 13.6. The molecule has 0 saturated heterocycles. The molecule has 0 aromatic heterocycles. The molecule has 0 aliphatic rings. The lowest BCUT2D eigenvalue weighted by molar-refractivity contribution is -0.142. The summed E-state index contributed by atoms with van der Waals surface area (Å²) in [6.07, 6.45) is -0.397. The Morgan fingerprint density at radius 1 is 1.27 bits per heavy atom. The molecule has 0 aromatic rings. The Morgan fingerprint density at radius 2 is 1.87 bits per heavy atom. The molecule has 6 heteroatoms. The number of Topliss-reactive ketones (excluding diaryl/α,β-unsaturated/α-hetero) is 1. The van der Waals surface area contributed by atoms with Crippen molar-refractivity contribution < 1.29 is 19.1 Å². The second-order valence-electron chi connectivity index (χ2n) is 3.14. The molecule has 0 bridgehead atoms. The first-order chi connectivity index (χ1) is 6.99. The minimum absolute atomic E-state index is 0.261. The van der Waals surface area contributed by atoms with Crippen LogP contribution in [-0.2, 0) is 19.1 Å². The van der Waals surface area contributed by atoms with Gasteiger partial charge >= 0.3 is 0 Å². The number of ether oxygens (including phenoxy) is 1. The monoisotopic (exact) mass is 216 g/mol. The summed E-state index contributed by atoms with van der Waals surface area (Å²) in [6.45, 7) is 0.595. The zero-order chi connectivity index (χ0) is 11.8. The van der Waals surface area contributed by atoms with Gasteiger partial charge in [-0.15, -0.1) is 0 Å². The van der Waals surface area contributed by atoms with E-state index in [9.17, 15) is 14.4 Å². The van der Waals surface area contributed by atoms with Crippen LogP contribution in [0.15, 0.2) is 0 Å². The number of amides is 2. The normalized spacial score (nSPS) is 9.53. The highest BCUT2D eigenvalue weighted by Gasteiger charge is 2.18. The third-order valence-corrected chi connectivity index (χ3v) is 1.66. The molecular weight excluding hydrogens is 200 g/mol. The van der Waals surface area contributed by atoms with Crippen LogP contribution in [-0.4, -0.2) is 56.9 Å². The Kier molecular flexibility index (Phi) is 6.28. The molecule has 0 unspecified atom stereocenters. The third kappa shape index (κ3) is 5.79. The summed E-state index contributed by atoms with van der Waals surface area (Å²) in [7, 11) is 4.54. The molecule has 2 amide bonds. The van der Waals surface area contributed by atoms with E-state index in [0.29, 0.717) is 6.61 Å². The van der Waals surface area contributed by atoms with Crippen LogP contribution in [0.2, 0.25) is 0 Å². The number of carbonyl (C=O) groups excluding carboxylic acids is 3. The molecule has 0 rings (SSSR count). The number of rotatable bonds is 6. The molecular formula is C9H16N2O4. The number of carbonyl (C=O) groups is 3. The van der Waals surface area contributed by atoms with Crippen LogP contribution in [0.4, 0.5) is 0 Å². The van der Waals surface area contributed by atoms with Gasteiger partial charge in [-0.05, 0) is 0 Å². The van der Waals surface area contributed by atoms with Crippen LogP contribution < -0.4 is 5.32 Å². The molecule has 0 radical (unpaired) electrons. The quantitative estimate of drug-likeness (QED) is 0.343. The van der Waals surface area contributed by atoms with E-state index >= 15 is 0 Å². The minimum Gasteiger partial charge on any atom is -0.383 e. The maximum atomic E-state index is 11.2. The molecule has 0 saturated carbocycles. The van der Waals surface area contributed by atoms with Gasteiger partial charge in [0.2, 0.25) is 11.7 Å². The highest BCUT2D eigenvalue weighted by atomic mass is 16.5. The van der Waals surface area contributed by atoms with Gasteiger partial charge in [-0.1, -0.05) is 0 Å². The topological polar surface area (TPSA) is 75.7 Å². The predicted molar refractivity (Wildman–Crippen MR) is 53.2 cm³/mol. The van der Waals surface area contributed by atoms with Gasteiger partial charge in [0.15, 0.2) is 0 Å². The second kappa shape index (κ2) is 6.94. The molecule has 0 heterocycles. The summed E-state index contributed by atoms with van der Waals surface area (Å²) >= 11 is 0. The van der Waals surface area contributed by atoms with Crippen LogP contribution >= 0.6 is 0 Å². The maximum absolute atomic E-state index is 11.2. The third-order valence-electron chi connectivity index (χ3n) is 1.66. The largest absolute Gasteiger partial charge is 0.383 e. The standard InChI is InChI=1S/C9H16N2O4/c1-11(2)8(13)6-7(12)9(14)10-4-5-15-3/h4-6H2,1-3H3,(H,10,14). The first-order valence-corrected chi connectivity index (χ1v) is 4.49. The van der Waals surface area contributed by atoms with Crippen LogP contribution in [0.1, 0.15) is 6.42 Å². The summed E-state index contributed by atoms with van der Waals surface area (Å²) < 4.78 is 4.69. The first-order valence-electron chi connectivity index (χ1n) is 4.49. The van der Waals surface area contributed by atoms with Gasteiger partial charge in [-0.2, -0.15) is 0 Å². The predicted octanol–water partition coefficient (Wildman–Crippen LogP) is -1.20. The zero-order valence-corrected chi connectivity index (χ0v) is 9.20. The minimum atomic E-state index is -0.748. The molecule has 1 N–H and O–H groups in total. The van der Waals surface area contributed by atoms with Crippen molar-refractivity contribution in [3.05, 3.63) is 0 Å².